The molecule has 0 N–H and O–H groups in total. The van der Waals surface area contributed by atoms with Gasteiger partial charge in [0.05, 0.1) is 0 Å². The van der Waals surface area contributed by atoms with Crippen molar-refractivity contribution in [2.24, 2.45) is 9.41 Å². The standard InChI is InChI=1S/C6H13N.2W/c1-6(2)4-3-5-7;;/h6H,3-5H2,1-2H3;;. The summed E-state index contributed by atoms with van der Waals surface area (Å²) in [6.07, 6.45) is 2.61. The van der Waals surface area contributed by atoms with Crippen molar-refractivity contribution in [3.8, 4) is 0 Å². The Labute approximate surface area is 83.0 Å². The Morgan fingerprint density at radius 2 is 2.00 bits per heavy atom. The molecule has 3 heteroatoms. The topological polar surface area (TPSA) is 12.4 Å². The van der Waals surface area contributed by atoms with E-state index in [9.17, 15) is 0 Å². The van der Waals surface area contributed by atoms with Crippen molar-refractivity contribution in [2.75, 3.05) is 6.54 Å². The minimum atomic E-state index is 0. The number of rotatable bonds is 4. The molecule has 0 aliphatic rings. The molecular formula is C6H13NW2. The second-order valence-electron chi connectivity index (χ2n) is 2.39. The van der Waals surface area contributed by atoms with Crippen molar-refractivity contribution in [1.82, 2.24) is 0 Å². The molecule has 9 heavy (non-hydrogen) atoms. The van der Waals surface area contributed by atoms with E-state index >= 15 is 0 Å². The van der Waals surface area contributed by atoms with E-state index < -0.39 is 0 Å². The molecule has 0 atom stereocenters. The summed E-state index contributed by atoms with van der Waals surface area (Å²) < 4.78 is 4.09. The summed E-state index contributed by atoms with van der Waals surface area (Å²) in [5, 5.41) is 0. The molecule has 0 radical (unpaired) electrons. The first-order valence-electron chi connectivity index (χ1n) is 3.06. The third kappa shape index (κ3) is 12.4. The van der Waals surface area contributed by atoms with Gasteiger partial charge in [-0.05, 0) is 0 Å². The molecule has 0 aromatic heterocycles. The van der Waals surface area contributed by atoms with Crippen LogP contribution in [0.1, 0.15) is 26.7 Å². The van der Waals surface area contributed by atoms with Gasteiger partial charge >= 0.3 is 62.3 Å². The molecule has 0 saturated heterocycles. The van der Waals surface area contributed by atoms with Crippen LogP contribution in [0.25, 0.3) is 0 Å². The maximum atomic E-state index is 4.09. The largest absolute Gasteiger partial charge is 0 e. The first-order chi connectivity index (χ1) is 3.77. The first-order valence-corrected chi connectivity index (χ1v) is 4.37. The minimum absolute atomic E-state index is 0. The average molecular weight is 467 g/mol. The fraction of sp³-hybridized carbons (Fsp3) is 1.00. The van der Waals surface area contributed by atoms with Gasteiger partial charge in [0.1, 0.15) is 0 Å². The summed E-state index contributed by atoms with van der Waals surface area (Å²) in [7, 11) is 0. The predicted molar refractivity (Wildman–Crippen MR) is 31.4 cm³/mol. The smallest absolute Gasteiger partial charge is 0 e. The Morgan fingerprint density at radius 3 is 2.33 bits per heavy atom. The van der Waals surface area contributed by atoms with E-state index in [0.717, 1.165) is 12.5 Å². The van der Waals surface area contributed by atoms with E-state index in [2.05, 4.69) is 17.3 Å². The Balaban J connectivity index is 0. The van der Waals surface area contributed by atoms with Crippen molar-refractivity contribution in [3.05, 3.63) is 0 Å². The summed E-state index contributed by atoms with van der Waals surface area (Å²) in [6, 6.07) is 0. The molecule has 0 bridgehead atoms. The predicted octanol–water partition coefficient (Wildman–Crippen LogP) is 2.15. The third-order valence-electron chi connectivity index (χ3n) is 1.03. The zero-order chi connectivity index (χ0) is 6.41. The molecule has 0 amide bonds. The molecule has 0 rings (SSSR count). The summed E-state index contributed by atoms with van der Waals surface area (Å²) in [6.45, 7) is 5.58. The van der Waals surface area contributed by atoms with Gasteiger partial charge in [-0.1, -0.05) is 0 Å². The maximum Gasteiger partial charge on any atom is 0 e. The summed E-state index contributed by atoms with van der Waals surface area (Å²) in [5.41, 5.74) is 0. The van der Waals surface area contributed by atoms with Crippen molar-refractivity contribution in [3.63, 3.8) is 0 Å². The average Bonchev–Trinajstić information content (AvgIpc) is 1.66. The monoisotopic (exact) mass is 467 g/mol. The normalized spacial score (nSPS) is 8.78. The van der Waals surface area contributed by atoms with Crippen LogP contribution >= 0.6 is 0 Å². The summed E-state index contributed by atoms with van der Waals surface area (Å²) in [4.78, 5) is 0. The molecular weight excluding hydrogens is 454 g/mol. The van der Waals surface area contributed by atoms with Gasteiger partial charge in [-0.2, -0.15) is 0 Å². The first kappa shape index (κ1) is 12.8. The van der Waals surface area contributed by atoms with E-state index in [1.165, 1.54) is 32.5 Å². The summed E-state index contributed by atoms with van der Waals surface area (Å²) >= 11 is 1.36. The van der Waals surface area contributed by atoms with Gasteiger partial charge < -0.3 is 0 Å². The van der Waals surface area contributed by atoms with E-state index in [1.54, 1.807) is 0 Å². The van der Waals surface area contributed by atoms with Gasteiger partial charge in [-0.15, -0.1) is 0 Å². The molecule has 0 spiro atoms. The van der Waals surface area contributed by atoms with Crippen LogP contribution in [0.3, 0.4) is 0 Å². The van der Waals surface area contributed by atoms with Crippen molar-refractivity contribution in [1.29, 1.82) is 0 Å². The van der Waals surface area contributed by atoms with Crippen LogP contribution < -0.4 is 0 Å². The zero-order valence-electron chi connectivity index (χ0n) is 5.96. The van der Waals surface area contributed by atoms with Gasteiger partial charge in [-0.3, -0.25) is 0 Å². The number of hydrogen-bond acceptors (Lipinski definition) is 1. The van der Waals surface area contributed by atoms with Crippen molar-refractivity contribution >= 4 is 0 Å². The van der Waals surface area contributed by atoms with Gasteiger partial charge in [0.2, 0.25) is 0 Å². The van der Waals surface area contributed by atoms with E-state index in [0.29, 0.717) is 0 Å². The quantitative estimate of drug-likeness (QED) is 0.563. The second kappa shape index (κ2) is 9.18. The molecule has 0 unspecified atom stereocenters. The Kier molecular flexibility index (Phi) is 13.1. The van der Waals surface area contributed by atoms with Crippen LogP contribution in [0, 0.1) is 5.92 Å². The molecule has 54 valence electrons. The van der Waals surface area contributed by atoms with E-state index in [-0.39, 0.29) is 21.1 Å². The van der Waals surface area contributed by atoms with Crippen LogP contribution in [0.15, 0.2) is 3.50 Å². The van der Waals surface area contributed by atoms with Crippen LogP contribution in [0.5, 0.6) is 0 Å². The Hall–Kier alpha value is 1.18. The second-order valence-corrected chi connectivity index (χ2v) is 3.32. The molecule has 0 aromatic carbocycles. The SMILES string of the molecule is CC(C)CCC[N]=[W].[W]. The van der Waals surface area contributed by atoms with Crippen molar-refractivity contribution in [2.45, 2.75) is 26.7 Å². The fourth-order valence-electron chi connectivity index (χ4n) is 0.564. The molecule has 0 fully saturated rings. The van der Waals surface area contributed by atoms with Gasteiger partial charge in [0, 0.05) is 21.1 Å². The molecule has 0 saturated carbocycles. The minimum Gasteiger partial charge on any atom is 0 e. The Morgan fingerprint density at radius 1 is 1.44 bits per heavy atom. The molecule has 0 aliphatic carbocycles. The third-order valence-corrected chi connectivity index (χ3v) is 1.69. The van der Waals surface area contributed by atoms with Crippen LogP contribution in [-0.4, -0.2) is 6.54 Å². The van der Waals surface area contributed by atoms with Crippen LogP contribution in [-0.2, 0) is 40.7 Å². The molecule has 1 nitrogen and oxygen atoms in total. The van der Waals surface area contributed by atoms with Gasteiger partial charge in [0.25, 0.3) is 0 Å². The molecule has 0 aliphatic heterocycles. The Bertz CT molecular complexity index is 64.1. The number of nitrogens with zero attached hydrogens (tertiary/aromatic N) is 1. The number of hydrogen-bond donors (Lipinski definition) is 0. The summed E-state index contributed by atoms with van der Waals surface area (Å²) in [5.74, 6) is 0.853. The van der Waals surface area contributed by atoms with Crippen LogP contribution in [0.2, 0.25) is 0 Å². The van der Waals surface area contributed by atoms with Crippen LogP contribution in [0.4, 0.5) is 0 Å². The molecule has 0 heterocycles. The van der Waals surface area contributed by atoms with E-state index in [4.69, 9.17) is 0 Å². The fourth-order valence-corrected chi connectivity index (χ4v) is 1.03. The van der Waals surface area contributed by atoms with Gasteiger partial charge in [0.15, 0.2) is 0 Å². The van der Waals surface area contributed by atoms with Crippen molar-refractivity contribution < 1.29 is 40.7 Å². The maximum absolute atomic E-state index is 4.09. The van der Waals surface area contributed by atoms with E-state index in [1.807, 2.05) is 0 Å². The van der Waals surface area contributed by atoms with Gasteiger partial charge in [-0.25, -0.2) is 0 Å². The zero-order valence-corrected chi connectivity index (χ0v) is 11.8. The molecule has 0 aromatic rings.